The van der Waals surface area contributed by atoms with Crippen molar-refractivity contribution in [1.82, 2.24) is 30.1 Å². The predicted molar refractivity (Wildman–Crippen MR) is 144 cm³/mol. The first-order chi connectivity index (χ1) is 18.0. The second-order valence-electron chi connectivity index (χ2n) is 9.49. The third kappa shape index (κ3) is 5.32. The molecule has 2 aromatic heterocycles. The van der Waals surface area contributed by atoms with E-state index < -0.39 is 0 Å². The van der Waals surface area contributed by atoms with Crippen LogP contribution in [0.15, 0.2) is 53.8 Å². The molecular formula is C27H32N8O2. The van der Waals surface area contributed by atoms with E-state index >= 15 is 0 Å². The van der Waals surface area contributed by atoms with E-state index in [-0.39, 0.29) is 12.1 Å². The summed E-state index contributed by atoms with van der Waals surface area (Å²) in [6.45, 7) is 4.84. The van der Waals surface area contributed by atoms with E-state index in [4.69, 9.17) is 4.74 Å². The van der Waals surface area contributed by atoms with E-state index in [0.717, 1.165) is 52.0 Å². The van der Waals surface area contributed by atoms with Crippen LogP contribution in [0.3, 0.4) is 0 Å². The molecule has 10 nitrogen and oxygen atoms in total. The fraction of sp³-hybridized carbons (Fsp3) is 0.370. The zero-order valence-electron chi connectivity index (χ0n) is 21.4. The van der Waals surface area contributed by atoms with Gasteiger partial charge in [-0.05, 0) is 68.2 Å². The highest BCUT2D eigenvalue weighted by molar-refractivity contribution is 6.07. The minimum absolute atomic E-state index is 0.0708. The van der Waals surface area contributed by atoms with Gasteiger partial charge in [-0.3, -0.25) is 4.99 Å². The molecule has 0 radical (unpaired) electrons. The van der Waals surface area contributed by atoms with E-state index in [1.165, 1.54) is 17.5 Å². The van der Waals surface area contributed by atoms with Gasteiger partial charge in [0.1, 0.15) is 12.4 Å². The molecule has 0 aliphatic heterocycles. The lowest BCUT2D eigenvalue weighted by molar-refractivity contribution is 0.250. The molecule has 0 unspecified atom stereocenters. The summed E-state index contributed by atoms with van der Waals surface area (Å²) in [6.07, 6.45) is 6.84. The molecular weight excluding hydrogens is 468 g/mol. The van der Waals surface area contributed by atoms with Crippen molar-refractivity contribution < 1.29 is 9.53 Å². The van der Waals surface area contributed by atoms with E-state index in [1.807, 2.05) is 38.3 Å². The van der Waals surface area contributed by atoms with Crippen molar-refractivity contribution in [2.75, 3.05) is 19.0 Å². The number of hydrogen-bond acceptors (Lipinski definition) is 6. The first-order valence-electron chi connectivity index (χ1n) is 12.6. The molecule has 1 saturated carbocycles. The first kappa shape index (κ1) is 24.5. The van der Waals surface area contributed by atoms with Gasteiger partial charge in [-0.25, -0.2) is 4.79 Å². The van der Waals surface area contributed by atoms with Gasteiger partial charge in [0.25, 0.3) is 0 Å². The van der Waals surface area contributed by atoms with Crippen LogP contribution in [0.1, 0.15) is 44.7 Å². The largest absolute Gasteiger partial charge is 0.492 e. The van der Waals surface area contributed by atoms with E-state index in [2.05, 4.69) is 59.9 Å². The third-order valence-corrected chi connectivity index (χ3v) is 6.50. The zero-order chi connectivity index (χ0) is 25.8. The van der Waals surface area contributed by atoms with Gasteiger partial charge in [0.05, 0.1) is 17.8 Å². The van der Waals surface area contributed by atoms with Crippen molar-refractivity contribution in [3.8, 4) is 17.0 Å². The van der Waals surface area contributed by atoms with Gasteiger partial charge in [-0.1, -0.05) is 12.1 Å². The van der Waals surface area contributed by atoms with Gasteiger partial charge in [-0.2, -0.15) is 4.80 Å². The van der Waals surface area contributed by atoms with Crippen LogP contribution in [0, 0.1) is 0 Å². The molecule has 1 aliphatic rings. The number of benzene rings is 2. The predicted octanol–water partition coefficient (Wildman–Crippen LogP) is 4.68. The quantitative estimate of drug-likeness (QED) is 0.324. The van der Waals surface area contributed by atoms with Crippen LogP contribution in [-0.2, 0) is 6.54 Å². The number of carbonyl (C=O) groups is 1. The molecule has 5 rings (SSSR count). The molecule has 192 valence electrons. The number of hydrogen-bond donors (Lipinski definition) is 2. The van der Waals surface area contributed by atoms with Crippen LogP contribution in [0.25, 0.3) is 22.2 Å². The highest BCUT2D eigenvalue weighted by atomic mass is 16.5. The summed E-state index contributed by atoms with van der Waals surface area (Å²) in [5, 5.41) is 18.5. The highest BCUT2D eigenvalue weighted by Crippen LogP contribution is 2.43. The fourth-order valence-electron chi connectivity index (χ4n) is 4.66. The van der Waals surface area contributed by atoms with Crippen LogP contribution in [-0.4, -0.2) is 56.7 Å². The zero-order valence-corrected chi connectivity index (χ0v) is 21.4. The molecule has 37 heavy (non-hydrogen) atoms. The van der Waals surface area contributed by atoms with Gasteiger partial charge in [0.2, 0.25) is 0 Å². The number of aromatic nitrogens is 5. The Kier molecular flexibility index (Phi) is 7.16. The topological polar surface area (TPSA) is 111 Å². The van der Waals surface area contributed by atoms with E-state index in [9.17, 15) is 4.79 Å². The Bertz CT molecular complexity index is 1390. The van der Waals surface area contributed by atoms with E-state index in [0.29, 0.717) is 19.2 Å². The van der Waals surface area contributed by atoms with Crippen LogP contribution in [0.2, 0.25) is 0 Å². The number of ether oxygens (including phenoxy) is 1. The molecule has 1 aliphatic carbocycles. The van der Waals surface area contributed by atoms with Crippen molar-refractivity contribution in [3.05, 3.63) is 54.4 Å². The smallest absolute Gasteiger partial charge is 0.319 e. The average molecular weight is 501 g/mol. The number of amides is 2. The summed E-state index contributed by atoms with van der Waals surface area (Å²) in [5.74, 6) is 0.799. The number of tetrazole rings is 1. The number of fused-ring (bicyclic) bond motifs is 1. The normalized spacial score (nSPS) is 13.8. The Morgan fingerprint density at radius 1 is 1.22 bits per heavy atom. The van der Waals surface area contributed by atoms with Crippen molar-refractivity contribution in [2.45, 2.75) is 51.7 Å². The van der Waals surface area contributed by atoms with E-state index in [1.54, 1.807) is 7.05 Å². The minimum Gasteiger partial charge on any atom is -0.492 e. The van der Waals surface area contributed by atoms with Crippen molar-refractivity contribution in [1.29, 1.82) is 0 Å². The lowest BCUT2D eigenvalue weighted by Crippen LogP contribution is -2.34. The SMILES string of the molecule is CN=Cc1c(-c2ccc(NC(=O)NC(C)C)cc2)n(C2CCC2)c2cc(OCCn3ncnn3)ccc12. The van der Waals surface area contributed by atoms with Gasteiger partial charge < -0.3 is 19.9 Å². The average Bonchev–Trinajstić information content (AvgIpc) is 3.45. The number of carbonyl (C=O) groups excluding carboxylic acids is 1. The molecule has 10 heteroatoms. The molecule has 2 aromatic carbocycles. The van der Waals surface area contributed by atoms with Gasteiger partial charge in [0, 0.05) is 48.0 Å². The molecule has 0 bridgehead atoms. The lowest BCUT2D eigenvalue weighted by Gasteiger charge is -2.30. The van der Waals surface area contributed by atoms with Crippen molar-refractivity contribution in [2.24, 2.45) is 4.99 Å². The maximum absolute atomic E-state index is 12.1. The number of urea groups is 1. The minimum atomic E-state index is -0.211. The molecule has 1 fully saturated rings. The fourth-order valence-corrected chi connectivity index (χ4v) is 4.66. The van der Waals surface area contributed by atoms with Crippen molar-refractivity contribution in [3.63, 3.8) is 0 Å². The summed E-state index contributed by atoms with van der Waals surface area (Å²) >= 11 is 0. The van der Waals surface area contributed by atoms with Gasteiger partial charge in [-0.15, -0.1) is 10.2 Å². The molecule has 4 aromatic rings. The maximum atomic E-state index is 12.1. The Hall–Kier alpha value is -4.21. The summed E-state index contributed by atoms with van der Waals surface area (Å²) in [5.41, 5.74) is 5.17. The maximum Gasteiger partial charge on any atom is 0.319 e. The summed E-state index contributed by atoms with van der Waals surface area (Å²) in [4.78, 5) is 18.0. The summed E-state index contributed by atoms with van der Waals surface area (Å²) in [6, 6.07) is 14.5. The molecule has 0 spiro atoms. The molecule has 2 N–H and O–H groups in total. The number of nitrogens with one attached hydrogen (secondary N) is 2. The Balaban J connectivity index is 1.49. The monoisotopic (exact) mass is 500 g/mol. The summed E-state index contributed by atoms with van der Waals surface area (Å²) < 4.78 is 8.49. The molecule has 0 atom stereocenters. The Morgan fingerprint density at radius 2 is 2.03 bits per heavy atom. The van der Waals surface area contributed by atoms with Crippen LogP contribution in [0.4, 0.5) is 10.5 Å². The van der Waals surface area contributed by atoms with Crippen LogP contribution >= 0.6 is 0 Å². The lowest BCUT2D eigenvalue weighted by atomic mass is 9.92. The summed E-state index contributed by atoms with van der Waals surface area (Å²) in [7, 11) is 1.80. The third-order valence-electron chi connectivity index (χ3n) is 6.50. The first-order valence-corrected chi connectivity index (χ1v) is 12.6. The van der Waals surface area contributed by atoms with Crippen LogP contribution in [0.5, 0.6) is 5.75 Å². The van der Waals surface area contributed by atoms with Crippen LogP contribution < -0.4 is 15.4 Å². The molecule has 2 amide bonds. The number of aliphatic imine (C=N–C) groups is 1. The standard InChI is InChI=1S/C27H32N8O2/c1-18(2)31-27(36)32-20-9-7-19(8-10-20)26-24(16-28-3)23-12-11-22(37-14-13-34-30-17-29-33-34)15-25(23)35(26)21-5-4-6-21/h7-12,15-18,21H,4-6,13-14H2,1-3H3,(H2,31,32,36). The van der Waals surface area contributed by atoms with Crippen molar-refractivity contribution >= 4 is 28.8 Å². The number of anilines is 1. The second-order valence-corrected chi connectivity index (χ2v) is 9.49. The number of rotatable bonds is 9. The van der Waals surface area contributed by atoms with Gasteiger partial charge >= 0.3 is 6.03 Å². The molecule has 0 saturated heterocycles. The van der Waals surface area contributed by atoms with Gasteiger partial charge in [0.15, 0.2) is 6.33 Å². The second kappa shape index (κ2) is 10.8. The number of nitrogens with zero attached hydrogens (tertiary/aromatic N) is 6. The Labute approximate surface area is 215 Å². The molecule has 2 heterocycles. The highest BCUT2D eigenvalue weighted by Gasteiger charge is 2.27. The Morgan fingerprint density at radius 3 is 2.68 bits per heavy atom.